The summed E-state index contributed by atoms with van der Waals surface area (Å²) in [6, 6.07) is 11.3. The van der Waals surface area contributed by atoms with Crippen LogP contribution in [0, 0.1) is 0 Å². The van der Waals surface area contributed by atoms with Crippen LogP contribution in [-0.4, -0.2) is 47.1 Å². The largest absolute Gasteiger partial charge is 0.481 e. The van der Waals surface area contributed by atoms with Crippen molar-refractivity contribution in [1.82, 2.24) is 5.32 Å². The van der Waals surface area contributed by atoms with Crippen molar-refractivity contribution in [3.8, 4) is 0 Å². The molecule has 9 nitrogen and oxygen atoms in total. The normalized spacial score (nSPS) is 13.0. The standard InChI is InChI=1S/C21H22N4O5/c26-18(27)8-6-13-5-7-16(12-17(13)20(29)30)24-19(28)14-3-1-4-15(11-14)25-21-22-9-2-10-23-21/h1,3-5,7,11-12H,2,6,8-10H2,(H,24,28)(H,26,27)(H,29,30)(H2,22,23,25). The van der Waals surface area contributed by atoms with Gasteiger partial charge in [-0.05, 0) is 48.7 Å². The van der Waals surface area contributed by atoms with E-state index in [4.69, 9.17) is 5.11 Å². The zero-order valence-electron chi connectivity index (χ0n) is 16.1. The molecule has 0 atom stereocenters. The Morgan fingerprint density at radius 2 is 1.90 bits per heavy atom. The van der Waals surface area contributed by atoms with Crippen molar-refractivity contribution in [3.05, 3.63) is 59.2 Å². The van der Waals surface area contributed by atoms with E-state index in [2.05, 4.69) is 20.9 Å². The maximum Gasteiger partial charge on any atom is 0.336 e. The summed E-state index contributed by atoms with van der Waals surface area (Å²) >= 11 is 0. The predicted octanol–water partition coefficient (Wildman–Crippen LogP) is 2.42. The first-order valence-corrected chi connectivity index (χ1v) is 9.47. The molecule has 0 bridgehead atoms. The Bertz CT molecular complexity index is 1000. The fourth-order valence-electron chi connectivity index (χ4n) is 3.01. The summed E-state index contributed by atoms with van der Waals surface area (Å²) in [5, 5.41) is 27.2. The van der Waals surface area contributed by atoms with Crippen LogP contribution in [0.25, 0.3) is 0 Å². The summed E-state index contributed by atoms with van der Waals surface area (Å²) in [7, 11) is 0. The maximum absolute atomic E-state index is 12.6. The molecule has 3 rings (SSSR count). The monoisotopic (exact) mass is 410 g/mol. The van der Waals surface area contributed by atoms with E-state index in [1.54, 1.807) is 24.3 Å². The maximum atomic E-state index is 12.6. The van der Waals surface area contributed by atoms with Gasteiger partial charge in [0.25, 0.3) is 5.91 Å². The number of aromatic carboxylic acids is 1. The Labute approximate surface area is 172 Å². The van der Waals surface area contributed by atoms with Gasteiger partial charge in [-0.2, -0.15) is 0 Å². The molecule has 0 saturated carbocycles. The van der Waals surface area contributed by atoms with Gasteiger partial charge in [0.15, 0.2) is 5.96 Å². The number of aryl methyl sites for hydroxylation is 1. The second-order valence-corrected chi connectivity index (χ2v) is 6.74. The summed E-state index contributed by atoms with van der Waals surface area (Å²) in [6.07, 6.45) is 0.893. The molecule has 1 heterocycles. The highest BCUT2D eigenvalue weighted by Crippen LogP contribution is 2.19. The minimum Gasteiger partial charge on any atom is -0.481 e. The SMILES string of the molecule is O=C(O)CCc1ccc(NC(=O)c2cccc(NC3=NCCCN3)c2)cc1C(=O)O. The molecule has 30 heavy (non-hydrogen) atoms. The number of nitrogens with one attached hydrogen (secondary N) is 3. The molecule has 1 aliphatic rings. The van der Waals surface area contributed by atoms with Crippen LogP contribution in [0.1, 0.15) is 39.1 Å². The molecule has 0 fully saturated rings. The number of rotatable bonds is 7. The van der Waals surface area contributed by atoms with E-state index < -0.39 is 17.8 Å². The van der Waals surface area contributed by atoms with Crippen LogP contribution in [0.15, 0.2) is 47.5 Å². The average molecular weight is 410 g/mol. The number of carbonyl (C=O) groups excluding carboxylic acids is 1. The van der Waals surface area contributed by atoms with E-state index in [-0.39, 0.29) is 18.4 Å². The molecule has 2 aromatic rings. The summed E-state index contributed by atoms with van der Waals surface area (Å²) < 4.78 is 0. The number of carboxylic acids is 2. The molecule has 0 aromatic heterocycles. The molecule has 0 aliphatic carbocycles. The van der Waals surface area contributed by atoms with Crippen LogP contribution in [0.3, 0.4) is 0 Å². The Balaban J connectivity index is 1.73. The van der Waals surface area contributed by atoms with E-state index in [9.17, 15) is 19.5 Å². The first-order valence-electron chi connectivity index (χ1n) is 9.47. The summed E-state index contributed by atoms with van der Waals surface area (Å²) in [5.41, 5.74) is 1.77. The molecule has 0 saturated heterocycles. The topological polar surface area (TPSA) is 140 Å². The van der Waals surface area contributed by atoms with Crippen LogP contribution in [0.5, 0.6) is 0 Å². The number of carbonyl (C=O) groups is 3. The Morgan fingerprint density at radius 1 is 1.07 bits per heavy atom. The molecule has 156 valence electrons. The summed E-state index contributed by atoms with van der Waals surface area (Å²) in [4.78, 5) is 39.2. The van der Waals surface area contributed by atoms with E-state index in [1.807, 2.05) is 6.07 Å². The lowest BCUT2D eigenvalue weighted by Gasteiger charge is -2.16. The number of aliphatic imine (C=N–C) groups is 1. The van der Waals surface area contributed by atoms with Crippen LogP contribution < -0.4 is 16.0 Å². The second-order valence-electron chi connectivity index (χ2n) is 6.74. The van der Waals surface area contributed by atoms with Crippen LogP contribution in [0.2, 0.25) is 0 Å². The minimum atomic E-state index is -1.18. The number of carboxylic acid groups (broad SMARTS) is 2. The molecule has 2 aromatic carbocycles. The predicted molar refractivity (Wildman–Crippen MR) is 112 cm³/mol. The number of guanidine groups is 1. The third-order valence-electron chi connectivity index (χ3n) is 4.49. The van der Waals surface area contributed by atoms with E-state index in [0.717, 1.165) is 19.5 Å². The third-order valence-corrected chi connectivity index (χ3v) is 4.49. The molecular formula is C21H22N4O5. The lowest BCUT2D eigenvalue weighted by molar-refractivity contribution is -0.136. The van der Waals surface area contributed by atoms with Gasteiger partial charge in [0.1, 0.15) is 0 Å². The van der Waals surface area contributed by atoms with E-state index in [1.165, 1.54) is 12.1 Å². The quantitative estimate of drug-likeness (QED) is 0.472. The Morgan fingerprint density at radius 3 is 2.60 bits per heavy atom. The van der Waals surface area contributed by atoms with Crippen molar-refractivity contribution < 1.29 is 24.6 Å². The third kappa shape index (κ3) is 5.57. The van der Waals surface area contributed by atoms with Crippen molar-refractivity contribution in [2.75, 3.05) is 23.7 Å². The van der Waals surface area contributed by atoms with Gasteiger partial charge in [-0.3, -0.25) is 14.6 Å². The number of nitrogens with zero attached hydrogens (tertiary/aromatic N) is 1. The second kappa shape index (κ2) is 9.55. The number of anilines is 2. The van der Waals surface area contributed by atoms with Crippen LogP contribution in [-0.2, 0) is 11.2 Å². The van der Waals surface area contributed by atoms with Gasteiger partial charge in [0.2, 0.25) is 0 Å². The van der Waals surface area contributed by atoms with Crippen molar-refractivity contribution in [1.29, 1.82) is 0 Å². The number of benzene rings is 2. The summed E-state index contributed by atoms with van der Waals surface area (Å²) in [5.74, 6) is -1.93. The van der Waals surface area contributed by atoms with Gasteiger partial charge in [-0.25, -0.2) is 4.79 Å². The molecule has 5 N–H and O–H groups in total. The van der Waals surface area contributed by atoms with Gasteiger partial charge in [0, 0.05) is 36.4 Å². The van der Waals surface area contributed by atoms with Crippen molar-refractivity contribution >= 4 is 35.2 Å². The zero-order valence-corrected chi connectivity index (χ0v) is 16.1. The van der Waals surface area contributed by atoms with E-state index >= 15 is 0 Å². The number of aliphatic carboxylic acids is 1. The van der Waals surface area contributed by atoms with Gasteiger partial charge >= 0.3 is 11.9 Å². The lowest BCUT2D eigenvalue weighted by atomic mass is 10.0. The highest BCUT2D eigenvalue weighted by atomic mass is 16.4. The molecule has 0 unspecified atom stereocenters. The minimum absolute atomic E-state index is 0.0362. The van der Waals surface area contributed by atoms with E-state index in [0.29, 0.717) is 28.5 Å². The smallest absolute Gasteiger partial charge is 0.336 e. The fraction of sp³-hybridized carbons (Fsp3) is 0.238. The highest BCUT2D eigenvalue weighted by Gasteiger charge is 2.14. The van der Waals surface area contributed by atoms with Crippen molar-refractivity contribution in [2.24, 2.45) is 4.99 Å². The van der Waals surface area contributed by atoms with Crippen LogP contribution >= 0.6 is 0 Å². The average Bonchev–Trinajstić information content (AvgIpc) is 2.73. The Kier molecular flexibility index (Phi) is 6.63. The Hall–Kier alpha value is -3.88. The van der Waals surface area contributed by atoms with Gasteiger partial charge < -0.3 is 26.2 Å². The lowest BCUT2D eigenvalue weighted by Crippen LogP contribution is -2.35. The molecule has 0 radical (unpaired) electrons. The molecule has 0 spiro atoms. The molecule has 1 aliphatic heterocycles. The van der Waals surface area contributed by atoms with Crippen molar-refractivity contribution in [3.63, 3.8) is 0 Å². The van der Waals surface area contributed by atoms with Crippen LogP contribution in [0.4, 0.5) is 11.4 Å². The summed E-state index contributed by atoms with van der Waals surface area (Å²) in [6.45, 7) is 1.57. The number of hydrogen-bond acceptors (Lipinski definition) is 6. The zero-order chi connectivity index (χ0) is 21.5. The van der Waals surface area contributed by atoms with Gasteiger partial charge in [-0.15, -0.1) is 0 Å². The molecule has 1 amide bonds. The highest BCUT2D eigenvalue weighted by molar-refractivity contribution is 6.06. The first kappa shape index (κ1) is 20.8. The number of hydrogen-bond donors (Lipinski definition) is 5. The van der Waals surface area contributed by atoms with Crippen molar-refractivity contribution in [2.45, 2.75) is 19.3 Å². The van der Waals surface area contributed by atoms with Gasteiger partial charge in [-0.1, -0.05) is 12.1 Å². The fourth-order valence-corrected chi connectivity index (χ4v) is 3.01. The molecular weight excluding hydrogens is 388 g/mol. The van der Waals surface area contributed by atoms with Gasteiger partial charge in [0.05, 0.1) is 5.56 Å². The molecule has 9 heteroatoms. The first-order chi connectivity index (χ1) is 14.4. The number of amides is 1.